The summed E-state index contributed by atoms with van der Waals surface area (Å²) in [5.74, 6) is -0.779. The van der Waals surface area contributed by atoms with Crippen molar-refractivity contribution < 1.29 is 9.18 Å². The van der Waals surface area contributed by atoms with Gasteiger partial charge in [-0.1, -0.05) is 0 Å². The molecule has 2 aromatic rings. The second-order valence-electron chi connectivity index (χ2n) is 3.67. The van der Waals surface area contributed by atoms with Gasteiger partial charge in [-0.25, -0.2) is 4.39 Å². The van der Waals surface area contributed by atoms with E-state index in [4.69, 9.17) is 0 Å². The molecule has 92 valence electrons. The molecule has 0 unspecified atom stereocenters. The molecule has 0 aliphatic rings. The number of anilines is 1. The fourth-order valence-corrected chi connectivity index (χ4v) is 1.86. The molecule has 18 heavy (non-hydrogen) atoms. The maximum Gasteiger partial charge on any atom is 0.257 e. The molecule has 0 aliphatic heterocycles. The van der Waals surface area contributed by atoms with Crippen LogP contribution in [0, 0.1) is 12.7 Å². The molecule has 0 saturated carbocycles. The van der Waals surface area contributed by atoms with Gasteiger partial charge >= 0.3 is 0 Å². The summed E-state index contributed by atoms with van der Waals surface area (Å²) in [7, 11) is 0. The van der Waals surface area contributed by atoms with E-state index >= 15 is 0 Å². The molecule has 1 heterocycles. The summed E-state index contributed by atoms with van der Waals surface area (Å²) in [4.78, 5) is 11.8. The first kappa shape index (κ1) is 12.6. The van der Waals surface area contributed by atoms with Crippen LogP contribution in [-0.2, 0) is 0 Å². The van der Waals surface area contributed by atoms with E-state index in [-0.39, 0.29) is 5.91 Å². The lowest BCUT2D eigenvalue weighted by Gasteiger charge is -2.09. The van der Waals surface area contributed by atoms with E-state index in [1.54, 1.807) is 13.0 Å². The Hall–Kier alpha value is -1.82. The Morgan fingerprint density at radius 1 is 1.39 bits per heavy atom. The van der Waals surface area contributed by atoms with Gasteiger partial charge in [-0.15, -0.1) is 0 Å². The minimum absolute atomic E-state index is 0.352. The molecular weight excluding hydrogens is 301 g/mol. The third-order valence-electron chi connectivity index (χ3n) is 2.36. The van der Waals surface area contributed by atoms with Crippen molar-refractivity contribution in [3.63, 3.8) is 0 Å². The van der Waals surface area contributed by atoms with Gasteiger partial charge in [0.05, 0.1) is 22.4 Å². The zero-order valence-electron chi connectivity index (χ0n) is 9.45. The normalized spacial score (nSPS) is 10.2. The fraction of sp³-hybridized carbons (Fsp3) is 0.0833. The van der Waals surface area contributed by atoms with Gasteiger partial charge in [0.25, 0.3) is 5.91 Å². The van der Waals surface area contributed by atoms with E-state index in [0.717, 1.165) is 5.56 Å². The molecule has 1 N–H and O–H groups in total. The second kappa shape index (κ2) is 5.22. The summed E-state index contributed by atoms with van der Waals surface area (Å²) < 4.78 is 13.8. The molecule has 6 heteroatoms. The zero-order valence-corrected chi connectivity index (χ0v) is 11.0. The predicted octanol–water partition coefficient (Wildman–Crippen LogP) is 2.94. The third-order valence-corrected chi connectivity index (χ3v) is 2.97. The van der Waals surface area contributed by atoms with Crippen molar-refractivity contribution >= 4 is 27.5 Å². The number of benzene rings is 1. The van der Waals surface area contributed by atoms with Crippen molar-refractivity contribution in [1.29, 1.82) is 0 Å². The van der Waals surface area contributed by atoms with Gasteiger partial charge in [0.1, 0.15) is 5.82 Å². The molecule has 0 saturated heterocycles. The maximum atomic E-state index is 13.4. The monoisotopic (exact) mass is 309 g/mol. The number of halogens is 2. The zero-order chi connectivity index (χ0) is 13.1. The number of nitrogens with zero attached hydrogens (tertiary/aromatic N) is 2. The molecule has 4 nitrogen and oxygen atoms in total. The number of rotatable bonds is 2. The second-order valence-corrected chi connectivity index (χ2v) is 4.52. The highest BCUT2D eigenvalue weighted by molar-refractivity contribution is 9.10. The summed E-state index contributed by atoms with van der Waals surface area (Å²) in [5.41, 5.74) is 1.56. The van der Waals surface area contributed by atoms with Crippen LogP contribution in [0.1, 0.15) is 15.9 Å². The van der Waals surface area contributed by atoms with Crippen LogP contribution in [0.2, 0.25) is 0 Å². The van der Waals surface area contributed by atoms with Gasteiger partial charge < -0.3 is 5.32 Å². The maximum absolute atomic E-state index is 13.4. The van der Waals surface area contributed by atoms with E-state index in [2.05, 4.69) is 31.4 Å². The first-order chi connectivity index (χ1) is 8.58. The van der Waals surface area contributed by atoms with E-state index in [9.17, 15) is 9.18 Å². The number of hydrogen-bond acceptors (Lipinski definition) is 3. The average Bonchev–Trinajstić information content (AvgIpc) is 2.37. The Bertz CT molecular complexity index is 589. The van der Waals surface area contributed by atoms with Crippen molar-refractivity contribution in [2.45, 2.75) is 6.92 Å². The van der Waals surface area contributed by atoms with Crippen LogP contribution < -0.4 is 5.32 Å². The molecule has 0 radical (unpaired) electrons. The highest BCUT2D eigenvalue weighted by Gasteiger charge is 2.10. The molecule has 0 aliphatic carbocycles. The van der Waals surface area contributed by atoms with Gasteiger partial charge in [-0.2, -0.15) is 10.2 Å². The van der Waals surface area contributed by atoms with Crippen LogP contribution in [0.4, 0.5) is 10.1 Å². The van der Waals surface area contributed by atoms with E-state index in [0.29, 0.717) is 15.7 Å². The van der Waals surface area contributed by atoms with Crippen LogP contribution in [-0.4, -0.2) is 16.1 Å². The van der Waals surface area contributed by atoms with Gasteiger partial charge in [0.15, 0.2) is 0 Å². The highest BCUT2D eigenvalue weighted by Crippen LogP contribution is 2.24. The van der Waals surface area contributed by atoms with Crippen molar-refractivity contribution in [2.75, 3.05) is 5.32 Å². The number of carbonyl (C=O) groups excluding carboxylic acids is 1. The van der Waals surface area contributed by atoms with Gasteiger partial charge in [-0.05, 0) is 46.6 Å². The predicted molar refractivity (Wildman–Crippen MR) is 68.8 cm³/mol. The Morgan fingerprint density at radius 2 is 2.17 bits per heavy atom. The van der Waals surface area contributed by atoms with Crippen LogP contribution in [0.25, 0.3) is 0 Å². The minimum atomic E-state index is -0.427. The van der Waals surface area contributed by atoms with Gasteiger partial charge in [0.2, 0.25) is 0 Å². The van der Waals surface area contributed by atoms with Crippen molar-refractivity contribution in [1.82, 2.24) is 10.2 Å². The summed E-state index contributed by atoms with van der Waals surface area (Å²) in [6.45, 7) is 1.78. The molecule has 0 fully saturated rings. The largest absolute Gasteiger partial charge is 0.322 e. The molecule has 1 amide bonds. The number of carbonyl (C=O) groups is 1. The van der Waals surface area contributed by atoms with Crippen LogP contribution >= 0.6 is 15.9 Å². The number of aromatic nitrogens is 2. The minimum Gasteiger partial charge on any atom is -0.322 e. The summed E-state index contributed by atoms with van der Waals surface area (Å²) in [6, 6.07) is 4.41. The first-order valence-electron chi connectivity index (χ1n) is 5.11. The Kier molecular flexibility index (Phi) is 3.66. The van der Waals surface area contributed by atoms with Crippen LogP contribution in [0.15, 0.2) is 35.1 Å². The third kappa shape index (κ3) is 2.70. The molecule has 0 atom stereocenters. The average molecular weight is 310 g/mol. The van der Waals surface area contributed by atoms with Gasteiger partial charge in [-0.3, -0.25) is 4.79 Å². The summed E-state index contributed by atoms with van der Waals surface area (Å²) in [6.07, 6.45) is 2.77. The lowest BCUT2D eigenvalue weighted by Crippen LogP contribution is -2.13. The number of aryl methyl sites for hydroxylation is 1. The van der Waals surface area contributed by atoms with E-state index in [1.165, 1.54) is 24.5 Å². The standard InChI is InChI=1S/C12H9BrFN3O/c1-7-4-9(13)10(14)5-11(7)17-12(18)8-2-3-15-16-6-8/h2-6H,1H3,(H,17,18). The van der Waals surface area contributed by atoms with Crippen molar-refractivity contribution in [3.05, 3.63) is 52.0 Å². The summed E-state index contributed by atoms with van der Waals surface area (Å²) in [5, 5.41) is 9.82. The lowest BCUT2D eigenvalue weighted by molar-refractivity contribution is 0.102. The number of nitrogens with one attached hydrogen (secondary N) is 1. The molecule has 1 aromatic carbocycles. The number of hydrogen-bond donors (Lipinski definition) is 1. The van der Waals surface area contributed by atoms with Crippen LogP contribution in [0.3, 0.4) is 0 Å². The van der Waals surface area contributed by atoms with Gasteiger partial charge in [0, 0.05) is 5.69 Å². The van der Waals surface area contributed by atoms with Crippen molar-refractivity contribution in [2.24, 2.45) is 0 Å². The summed E-state index contributed by atoms with van der Waals surface area (Å²) >= 11 is 3.09. The Morgan fingerprint density at radius 3 is 2.83 bits per heavy atom. The van der Waals surface area contributed by atoms with Crippen molar-refractivity contribution in [3.8, 4) is 0 Å². The first-order valence-corrected chi connectivity index (χ1v) is 5.91. The van der Waals surface area contributed by atoms with E-state index < -0.39 is 5.82 Å². The topological polar surface area (TPSA) is 54.9 Å². The SMILES string of the molecule is Cc1cc(Br)c(F)cc1NC(=O)c1ccnnc1. The lowest BCUT2D eigenvalue weighted by atomic mass is 10.2. The molecular formula is C12H9BrFN3O. The highest BCUT2D eigenvalue weighted by atomic mass is 79.9. The molecule has 2 rings (SSSR count). The Balaban J connectivity index is 2.25. The molecule has 1 aromatic heterocycles. The fourth-order valence-electron chi connectivity index (χ4n) is 1.40. The quantitative estimate of drug-likeness (QED) is 0.928. The molecule has 0 spiro atoms. The smallest absolute Gasteiger partial charge is 0.257 e. The molecule has 0 bridgehead atoms. The Labute approximate surface area is 111 Å². The van der Waals surface area contributed by atoms with E-state index in [1.807, 2.05) is 0 Å². The van der Waals surface area contributed by atoms with Crippen LogP contribution in [0.5, 0.6) is 0 Å². The number of amides is 1.